The first kappa shape index (κ1) is 16.3. The Morgan fingerprint density at radius 1 is 1.29 bits per heavy atom. The maximum absolute atomic E-state index is 14.0. The number of hydrogen-bond donors (Lipinski definition) is 1. The number of likely N-dealkylation sites (N-methyl/N-ethyl adjacent to an activating group) is 1. The molecule has 0 radical (unpaired) electrons. The Morgan fingerprint density at radius 3 is 2.83 bits per heavy atom. The molecule has 0 bridgehead atoms. The summed E-state index contributed by atoms with van der Waals surface area (Å²) in [5.41, 5.74) is 2.38. The summed E-state index contributed by atoms with van der Waals surface area (Å²) in [6, 6.07) is 10.0. The molecule has 1 aromatic carbocycles. The third-order valence-corrected chi connectivity index (χ3v) is 3.89. The Hall–Kier alpha value is -2.60. The number of aromatic nitrogens is 1. The molecule has 0 fully saturated rings. The maximum Gasteiger partial charge on any atom is 0.268 e. The van der Waals surface area contributed by atoms with E-state index in [0.29, 0.717) is 23.4 Å². The minimum atomic E-state index is -0.290. The molecule has 1 amide bonds. The molecule has 0 aliphatic carbocycles. The lowest BCUT2D eigenvalue weighted by molar-refractivity contribution is 0.0942. The second-order valence-corrected chi connectivity index (χ2v) is 5.94. The van der Waals surface area contributed by atoms with E-state index < -0.39 is 0 Å². The van der Waals surface area contributed by atoms with Crippen LogP contribution in [0.5, 0.6) is 0 Å². The number of nitrogens with zero attached hydrogens (tertiary/aromatic N) is 2. The molecule has 3 rings (SSSR count). The van der Waals surface area contributed by atoms with Crippen LogP contribution in [0.15, 0.2) is 47.1 Å². The van der Waals surface area contributed by atoms with Gasteiger partial charge < -0.3 is 19.2 Å². The number of furan rings is 1. The van der Waals surface area contributed by atoms with E-state index in [-0.39, 0.29) is 18.3 Å². The molecule has 1 N–H and O–H groups in total. The van der Waals surface area contributed by atoms with E-state index in [0.717, 1.165) is 12.1 Å². The lowest BCUT2D eigenvalue weighted by Crippen LogP contribution is -2.32. The quantitative estimate of drug-likeness (QED) is 0.756. The van der Waals surface area contributed by atoms with Gasteiger partial charge in [0.1, 0.15) is 11.5 Å². The zero-order valence-corrected chi connectivity index (χ0v) is 13.8. The summed E-state index contributed by atoms with van der Waals surface area (Å²) in [5, 5.41) is 2.88. The van der Waals surface area contributed by atoms with Crippen molar-refractivity contribution in [1.29, 1.82) is 0 Å². The first-order valence-electron chi connectivity index (χ1n) is 7.79. The molecule has 0 atom stereocenters. The molecule has 0 spiro atoms. The van der Waals surface area contributed by atoms with E-state index in [2.05, 4.69) is 5.32 Å². The molecular weight excluding hydrogens is 309 g/mol. The molecule has 0 saturated carbocycles. The summed E-state index contributed by atoms with van der Waals surface area (Å²) < 4.78 is 21.2. The fraction of sp³-hybridized carbons (Fsp3) is 0.278. The number of hydrogen-bond acceptors (Lipinski definition) is 3. The molecule has 0 aliphatic heterocycles. The van der Waals surface area contributed by atoms with Gasteiger partial charge in [-0.05, 0) is 20.2 Å². The number of amides is 1. The molecular formula is C18H20FN3O2. The van der Waals surface area contributed by atoms with Crippen molar-refractivity contribution in [2.24, 2.45) is 0 Å². The van der Waals surface area contributed by atoms with Crippen LogP contribution >= 0.6 is 0 Å². The first-order valence-corrected chi connectivity index (χ1v) is 7.79. The van der Waals surface area contributed by atoms with Crippen LogP contribution in [-0.4, -0.2) is 42.6 Å². The monoisotopic (exact) mass is 329 g/mol. The van der Waals surface area contributed by atoms with Crippen molar-refractivity contribution in [3.63, 3.8) is 0 Å². The van der Waals surface area contributed by atoms with Crippen LogP contribution in [0.4, 0.5) is 4.39 Å². The van der Waals surface area contributed by atoms with E-state index >= 15 is 0 Å². The van der Waals surface area contributed by atoms with Gasteiger partial charge in [0.05, 0.1) is 18.3 Å². The van der Waals surface area contributed by atoms with Gasteiger partial charge >= 0.3 is 0 Å². The minimum Gasteiger partial charge on any atom is -0.463 e. The van der Waals surface area contributed by atoms with Crippen molar-refractivity contribution in [2.75, 3.05) is 27.2 Å². The van der Waals surface area contributed by atoms with Crippen LogP contribution in [-0.2, 0) is 6.54 Å². The van der Waals surface area contributed by atoms with Crippen molar-refractivity contribution in [2.45, 2.75) is 6.54 Å². The number of nitrogens with one attached hydrogen (secondary N) is 1. The van der Waals surface area contributed by atoms with E-state index in [1.807, 2.05) is 19.0 Å². The molecule has 2 aromatic heterocycles. The molecule has 24 heavy (non-hydrogen) atoms. The standard InChI is InChI=1S/C18H20FN3O2/c1-21(2)9-8-20-18(23)16-11-17-15(7-10-24-17)22(16)12-13-5-3-4-6-14(13)19/h3-7,10-11H,8-9,12H2,1-2H3,(H,20,23). The predicted molar refractivity (Wildman–Crippen MR) is 90.6 cm³/mol. The maximum atomic E-state index is 14.0. The van der Waals surface area contributed by atoms with Gasteiger partial charge in [0.25, 0.3) is 5.91 Å². The van der Waals surface area contributed by atoms with Gasteiger partial charge in [0, 0.05) is 30.8 Å². The number of carbonyl (C=O) groups excluding carboxylic acids is 1. The average molecular weight is 329 g/mol. The number of rotatable bonds is 6. The van der Waals surface area contributed by atoms with Crippen LogP contribution in [0.1, 0.15) is 16.1 Å². The normalized spacial score (nSPS) is 11.3. The third-order valence-electron chi connectivity index (χ3n) is 3.89. The van der Waals surface area contributed by atoms with Gasteiger partial charge in [0.2, 0.25) is 0 Å². The molecule has 5 nitrogen and oxygen atoms in total. The Kier molecular flexibility index (Phi) is 4.66. The number of benzene rings is 1. The van der Waals surface area contributed by atoms with Crippen molar-refractivity contribution < 1.29 is 13.6 Å². The topological polar surface area (TPSA) is 50.4 Å². The summed E-state index contributed by atoms with van der Waals surface area (Å²) in [7, 11) is 3.89. The van der Waals surface area contributed by atoms with Crippen molar-refractivity contribution in [1.82, 2.24) is 14.8 Å². The van der Waals surface area contributed by atoms with E-state index in [9.17, 15) is 9.18 Å². The smallest absolute Gasteiger partial charge is 0.268 e. The molecule has 126 valence electrons. The summed E-state index contributed by atoms with van der Waals surface area (Å²) in [6.07, 6.45) is 1.57. The highest BCUT2D eigenvalue weighted by Crippen LogP contribution is 2.23. The van der Waals surface area contributed by atoms with E-state index in [4.69, 9.17) is 4.42 Å². The highest BCUT2D eigenvalue weighted by atomic mass is 19.1. The van der Waals surface area contributed by atoms with E-state index in [1.54, 1.807) is 41.2 Å². The second-order valence-electron chi connectivity index (χ2n) is 5.94. The van der Waals surface area contributed by atoms with Crippen LogP contribution in [0, 0.1) is 5.82 Å². The Balaban J connectivity index is 1.89. The van der Waals surface area contributed by atoms with Crippen LogP contribution in [0.25, 0.3) is 11.1 Å². The highest BCUT2D eigenvalue weighted by Gasteiger charge is 2.18. The Morgan fingerprint density at radius 2 is 2.08 bits per heavy atom. The van der Waals surface area contributed by atoms with Crippen LogP contribution in [0.3, 0.4) is 0 Å². The number of fused-ring (bicyclic) bond motifs is 1. The van der Waals surface area contributed by atoms with Crippen molar-refractivity contribution in [3.8, 4) is 0 Å². The zero-order valence-electron chi connectivity index (χ0n) is 13.8. The second kappa shape index (κ2) is 6.88. The Labute approximate surface area is 139 Å². The summed E-state index contributed by atoms with van der Waals surface area (Å²) in [6.45, 7) is 1.56. The largest absolute Gasteiger partial charge is 0.463 e. The van der Waals surface area contributed by atoms with E-state index in [1.165, 1.54) is 6.07 Å². The minimum absolute atomic E-state index is 0.195. The first-order chi connectivity index (χ1) is 11.6. The van der Waals surface area contributed by atoms with Crippen LogP contribution in [0.2, 0.25) is 0 Å². The molecule has 6 heteroatoms. The van der Waals surface area contributed by atoms with Gasteiger partial charge in [0.15, 0.2) is 5.58 Å². The Bertz CT molecular complexity index is 851. The lowest BCUT2D eigenvalue weighted by atomic mass is 10.2. The van der Waals surface area contributed by atoms with Gasteiger partial charge in [-0.2, -0.15) is 0 Å². The molecule has 0 saturated heterocycles. The summed E-state index contributed by atoms with van der Waals surface area (Å²) >= 11 is 0. The summed E-state index contributed by atoms with van der Waals surface area (Å²) in [4.78, 5) is 14.5. The van der Waals surface area contributed by atoms with Gasteiger partial charge in [-0.15, -0.1) is 0 Å². The number of carbonyl (C=O) groups is 1. The number of halogens is 1. The highest BCUT2D eigenvalue weighted by molar-refractivity contribution is 5.97. The zero-order chi connectivity index (χ0) is 17.1. The van der Waals surface area contributed by atoms with Crippen molar-refractivity contribution in [3.05, 3.63) is 59.7 Å². The predicted octanol–water partition coefficient (Wildman–Crippen LogP) is 2.71. The average Bonchev–Trinajstić information content (AvgIpc) is 3.11. The van der Waals surface area contributed by atoms with Gasteiger partial charge in [-0.25, -0.2) is 4.39 Å². The molecule has 2 heterocycles. The third kappa shape index (κ3) is 3.33. The lowest BCUT2D eigenvalue weighted by Gasteiger charge is -2.13. The van der Waals surface area contributed by atoms with Gasteiger partial charge in [-0.3, -0.25) is 4.79 Å². The molecule has 0 unspecified atom stereocenters. The fourth-order valence-electron chi connectivity index (χ4n) is 2.62. The fourth-order valence-corrected chi connectivity index (χ4v) is 2.62. The van der Waals surface area contributed by atoms with Crippen molar-refractivity contribution >= 4 is 17.0 Å². The molecule has 3 aromatic rings. The molecule has 0 aliphatic rings. The van der Waals surface area contributed by atoms with Gasteiger partial charge in [-0.1, -0.05) is 18.2 Å². The summed E-state index contributed by atoms with van der Waals surface area (Å²) in [5.74, 6) is -0.485. The van der Waals surface area contributed by atoms with Crippen LogP contribution < -0.4 is 5.32 Å². The SMILES string of the molecule is CN(C)CCNC(=O)c1cc2occc2n1Cc1ccccc1F.